The van der Waals surface area contributed by atoms with E-state index in [1.165, 1.54) is 104 Å². The molecule has 3 rings (SSSR count). The van der Waals surface area contributed by atoms with Crippen molar-refractivity contribution in [1.82, 2.24) is 0 Å². The molecule has 250 valence electrons. The lowest BCUT2D eigenvalue weighted by atomic mass is 9.97. The fourth-order valence-electron chi connectivity index (χ4n) is 4.15. The van der Waals surface area contributed by atoms with Crippen LogP contribution in [0, 0.1) is 27.7 Å². The first kappa shape index (κ1) is 41.7. The van der Waals surface area contributed by atoms with Crippen molar-refractivity contribution < 1.29 is 4.42 Å². The summed E-state index contributed by atoms with van der Waals surface area (Å²) in [7, 11) is 0. The number of nitrogens with one attached hydrogen (secondary N) is 1. The average molecular weight is 614 g/mol. The van der Waals surface area contributed by atoms with Gasteiger partial charge in [0.15, 0.2) is 0 Å². The standard InChI is InChI=1S/C27H37NO.C8H10.2C4H10/c1-7-8-12-20(2)13-10-9-11-14-21(3)25-16-15-22(4)27(19-25)28-23(5)26-17-18-29-24(26)6;1-7-5-3-4-6-8(7)2;2*1-3-4-2/h15-19,28H,2-3,5,7-14H2,1,4,6H3;3-6H,1-2H3;2*3-4H2,1-2H3. The molecule has 1 N–H and O–H groups in total. The molecule has 0 aliphatic rings. The molecule has 0 saturated carbocycles. The van der Waals surface area contributed by atoms with Crippen LogP contribution in [0.2, 0.25) is 0 Å². The predicted molar refractivity (Wildman–Crippen MR) is 205 cm³/mol. The number of benzene rings is 2. The highest BCUT2D eigenvalue weighted by Gasteiger charge is 2.09. The second-order valence-electron chi connectivity index (χ2n) is 12.1. The monoisotopic (exact) mass is 614 g/mol. The van der Waals surface area contributed by atoms with E-state index in [-0.39, 0.29) is 0 Å². The zero-order chi connectivity index (χ0) is 34.0. The van der Waals surface area contributed by atoms with Gasteiger partial charge in [-0.25, -0.2) is 0 Å². The minimum absolute atomic E-state index is 0.852. The highest BCUT2D eigenvalue weighted by atomic mass is 16.3. The third-order valence-electron chi connectivity index (χ3n) is 7.93. The van der Waals surface area contributed by atoms with Gasteiger partial charge in [-0.05, 0) is 106 Å². The lowest BCUT2D eigenvalue weighted by Crippen LogP contribution is -2.00. The van der Waals surface area contributed by atoms with Gasteiger partial charge in [0.05, 0.1) is 6.26 Å². The molecule has 0 bridgehead atoms. The summed E-state index contributed by atoms with van der Waals surface area (Å²) in [5.74, 6) is 0.873. The molecule has 0 spiro atoms. The Morgan fingerprint density at radius 1 is 0.622 bits per heavy atom. The van der Waals surface area contributed by atoms with Gasteiger partial charge < -0.3 is 9.73 Å². The Hall–Kier alpha value is -3.26. The minimum atomic E-state index is 0.852. The van der Waals surface area contributed by atoms with Crippen LogP contribution in [-0.2, 0) is 0 Å². The van der Waals surface area contributed by atoms with Crippen LogP contribution in [0.1, 0.15) is 145 Å². The van der Waals surface area contributed by atoms with E-state index in [9.17, 15) is 0 Å². The summed E-state index contributed by atoms with van der Waals surface area (Å²) >= 11 is 0. The molecule has 0 fully saturated rings. The first-order chi connectivity index (χ1) is 21.6. The van der Waals surface area contributed by atoms with E-state index < -0.39 is 0 Å². The van der Waals surface area contributed by atoms with Crippen molar-refractivity contribution in [3.63, 3.8) is 0 Å². The van der Waals surface area contributed by atoms with Crippen molar-refractivity contribution in [2.24, 2.45) is 0 Å². The zero-order valence-corrected chi connectivity index (χ0v) is 30.7. The van der Waals surface area contributed by atoms with Gasteiger partial charge in [-0.15, -0.1) is 0 Å². The van der Waals surface area contributed by atoms with E-state index in [2.05, 4.69) is 123 Å². The van der Waals surface area contributed by atoms with Crippen LogP contribution in [-0.4, -0.2) is 0 Å². The summed E-state index contributed by atoms with van der Waals surface area (Å²) in [6.45, 7) is 32.0. The number of rotatable bonds is 15. The lowest BCUT2D eigenvalue weighted by molar-refractivity contribution is 0.533. The topological polar surface area (TPSA) is 25.2 Å². The fraction of sp³-hybridized carbons (Fsp3) is 0.488. The molecule has 0 unspecified atom stereocenters. The Bertz CT molecular complexity index is 1200. The third kappa shape index (κ3) is 19.0. The summed E-state index contributed by atoms with van der Waals surface area (Å²) in [6, 6.07) is 16.8. The molecular weight excluding hydrogens is 546 g/mol. The van der Waals surface area contributed by atoms with Crippen LogP contribution in [0.3, 0.4) is 0 Å². The first-order valence-electron chi connectivity index (χ1n) is 17.5. The van der Waals surface area contributed by atoms with E-state index >= 15 is 0 Å². The van der Waals surface area contributed by atoms with Gasteiger partial charge in [-0.2, -0.15) is 0 Å². The predicted octanol–water partition coefficient (Wildman–Crippen LogP) is 14.6. The highest BCUT2D eigenvalue weighted by Crippen LogP contribution is 2.28. The number of hydrogen-bond acceptors (Lipinski definition) is 2. The smallest absolute Gasteiger partial charge is 0.109 e. The van der Waals surface area contributed by atoms with Crippen molar-refractivity contribution in [2.45, 2.75) is 139 Å². The number of hydrogen-bond donors (Lipinski definition) is 1. The SMILES string of the molecule is C=C(CCCC)CCCCCC(=C)c1ccc(C)c(NC(=C)c2ccoc2C)c1.CCCC.CCCC.Cc1ccccc1C. The van der Waals surface area contributed by atoms with E-state index in [0.29, 0.717) is 0 Å². The van der Waals surface area contributed by atoms with E-state index in [0.717, 1.165) is 29.1 Å². The minimum Gasteiger partial charge on any atom is -0.469 e. The Balaban J connectivity index is 0.000000985. The Morgan fingerprint density at radius 3 is 1.67 bits per heavy atom. The summed E-state index contributed by atoms with van der Waals surface area (Å²) in [5, 5.41) is 3.45. The van der Waals surface area contributed by atoms with Gasteiger partial charge in [-0.3, -0.25) is 0 Å². The number of allylic oxidation sites excluding steroid dienone is 2. The van der Waals surface area contributed by atoms with Crippen LogP contribution in [0.5, 0.6) is 0 Å². The molecule has 0 radical (unpaired) electrons. The molecule has 1 heterocycles. The molecule has 2 aromatic carbocycles. The van der Waals surface area contributed by atoms with E-state index in [4.69, 9.17) is 4.42 Å². The maximum atomic E-state index is 5.39. The van der Waals surface area contributed by atoms with Gasteiger partial charge in [0.1, 0.15) is 5.76 Å². The first-order valence-corrected chi connectivity index (χ1v) is 17.5. The number of unbranched alkanes of at least 4 members (excludes halogenated alkanes) is 5. The quantitative estimate of drug-likeness (QED) is 0.136. The number of anilines is 1. The van der Waals surface area contributed by atoms with Crippen LogP contribution in [0.25, 0.3) is 11.3 Å². The average Bonchev–Trinajstić information content (AvgIpc) is 3.48. The van der Waals surface area contributed by atoms with Crippen molar-refractivity contribution in [3.8, 4) is 0 Å². The van der Waals surface area contributed by atoms with Crippen molar-refractivity contribution in [1.29, 1.82) is 0 Å². The summed E-state index contributed by atoms with van der Waals surface area (Å²) in [6.07, 6.45) is 16.5. The van der Waals surface area contributed by atoms with E-state index in [1.807, 2.05) is 13.0 Å². The Morgan fingerprint density at radius 2 is 1.18 bits per heavy atom. The fourth-order valence-corrected chi connectivity index (χ4v) is 4.15. The second kappa shape index (κ2) is 26.0. The molecule has 0 atom stereocenters. The third-order valence-corrected chi connectivity index (χ3v) is 7.93. The van der Waals surface area contributed by atoms with Crippen LogP contribution in [0.4, 0.5) is 5.69 Å². The van der Waals surface area contributed by atoms with E-state index in [1.54, 1.807) is 6.26 Å². The summed E-state index contributed by atoms with van der Waals surface area (Å²) in [4.78, 5) is 0. The Labute approximate surface area is 279 Å². The molecule has 0 aliphatic heterocycles. The highest BCUT2D eigenvalue weighted by molar-refractivity contribution is 5.79. The maximum absolute atomic E-state index is 5.39. The van der Waals surface area contributed by atoms with Gasteiger partial charge in [0.25, 0.3) is 0 Å². The summed E-state index contributed by atoms with van der Waals surface area (Å²) in [5.41, 5.74) is 10.7. The molecule has 2 nitrogen and oxygen atoms in total. The molecule has 0 amide bonds. The largest absolute Gasteiger partial charge is 0.469 e. The summed E-state index contributed by atoms with van der Waals surface area (Å²) < 4.78 is 5.39. The normalized spacial score (nSPS) is 9.89. The molecule has 45 heavy (non-hydrogen) atoms. The molecule has 1 aromatic heterocycles. The van der Waals surface area contributed by atoms with Gasteiger partial charge in [-0.1, -0.05) is 135 Å². The van der Waals surface area contributed by atoms with Crippen LogP contribution < -0.4 is 5.32 Å². The molecule has 0 aliphatic carbocycles. The molecule has 2 heteroatoms. The van der Waals surface area contributed by atoms with Crippen molar-refractivity contribution in [3.05, 3.63) is 114 Å². The van der Waals surface area contributed by atoms with Crippen LogP contribution in [0.15, 0.2) is 84.5 Å². The lowest BCUT2D eigenvalue weighted by Gasteiger charge is -2.14. The molecule has 3 aromatic rings. The molecule has 0 saturated heterocycles. The van der Waals surface area contributed by atoms with Gasteiger partial charge in [0.2, 0.25) is 0 Å². The number of aryl methyl sites for hydroxylation is 4. The Kier molecular flexibility index (Phi) is 24.1. The second-order valence-corrected chi connectivity index (χ2v) is 12.1. The zero-order valence-electron chi connectivity index (χ0n) is 30.7. The van der Waals surface area contributed by atoms with Crippen molar-refractivity contribution in [2.75, 3.05) is 5.32 Å². The van der Waals surface area contributed by atoms with Crippen LogP contribution >= 0.6 is 0 Å². The molecular formula is C43H67NO. The maximum Gasteiger partial charge on any atom is 0.109 e. The van der Waals surface area contributed by atoms with Gasteiger partial charge in [0, 0.05) is 16.9 Å². The van der Waals surface area contributed by atoms with Crippen molar-refractivity contribution >= 4 is 17.0 Å². The van der Waals surface area contributed by atoms with Gasteiger partial charge >= 0.3 is 0 Å². The number of furan rings is 1.